The maximum absolute atomic E-state index is 13.2. The molecule has 44 heavy (non-hydrogen) atoms. The molecule has 3 aromatic heterocycles. The van der Waals surface area contributed by atoms with Crippen LogP contribution >= 0.6 is 0 Å². The molecule has 10 N–H and O–H groups in total. The summed E-state index contributed by atoms with van der Waals surface area (Å²) in [5.74, 6) is -1.56. The number of nitrogens with one attached hydrogen (secondary N) is 6. The fourth-order valence-electron chi connectivity index (χ4n) is 4.63. The molecule has 0 radical (unpaired) electrons. The number of amidine groups is 2. The Bertz CT molecular complexity index is 1790. The van der Waals surface area contributed by atoms with E-state index in [-0.39, 0.29) is 49.4 Å². The van der Waals surface area contributed by atoms with Crippen LogP contribution in [0.1, 0.15) is 54.7 Å². The number of benzene rings is 1. The number of nitrogens with zero attached hydrogens (tertiary/aromatic N) is 3. The second kappa shape index (κ2) is 13.0. The van der Waals surface area contributed by atoms with Gasteiger partial charge in [0.15, 0.2) is 0 Å². The average Bonchev–Trinajstić information content (AvgIpc) is 3.61. The van der Waals surface area contributed by atoms with Crippen LogP contribution in [-0.4, -0.2) is 62.1 Å². The lowest BCUT2D eigenvalue weighted by Crippen LogP contribution is -2.28. The second-order valence-corrected chi connectivity index (χ2v) is 10.3. The summed E-state index contributed by atoms with van der Waals surface area (Å²) in [6.45, 7) is 0.453. The van der Waals surface area contributed by atoms with Crippen LogP contribution in [0.25, 0.3) is 10.9 Å². The third kappa shape index (κ3) is 7.13. The number of carbonyl (C=O) groups is 4. The van der Waals surface area contributed by atoms with E-state index in [1.165, 1.54) is 0 Å². The molecule has 1 aromatic carbocycles. The SMILES string of the molecule is Cn1cc(NC(=O)c2ccc3c(c2)cc(C(=O)Nc2cc(C(=O)NCCC(=N)N)n(C)c2)n3C)cc1C(=O)NCCC(=N)N. The van der Waals surface area contributed by atoms with Gasteiger partial charge in [-0.15, -0.1) is 0 Å². The summed E-state index contributed by atoms with van der Waals surface area (Å²) < 4.78 is 4.88. The normalized spacial score (nSPS) is 10.8. The minimum Gasteiger partial charge on any atom is -0.388 e. The van der Waals surface area contributed by atoms with Gasteiger partial charge in [0, 0.05) is 75.9 Å². The summed E-state index contributed by atoms with van der Waals surface area (Å²) in [4.78, 5) is 51.2. The van der Waals surface area contributed by atoms with Crippen LogP contribution in [-0.2, 0) is 21.1 Å². The highest BCUT2D eigenvalue weighted by molar-refractivity contribution is 6.10. The third-order valence-electron chi connectivity index (χ3n) is 6.89. The number of rotatable bonds is 12. The Balaban J connectivity index is 1.44. The van der Waals surface area contributed by atoms with Gasteiger partial charge in [0.05, 0.1) is 23.0 Å². The number of carbonyl (C=O) groups excluding carboxylic acids is 4. The van der Waals surface area contributed by atoms with Crippen LogP contribution in [0.2, 0.25) is 0 Å². The van der Waals surface area contributed by atoms with E-state index in [1.54, 1.807) is 83.6 Å². The predicted octanol–water partition coefficient (Wildman–Crippen LogP) is 1.47. The van der Waals surface area contributed by atoms with E-state index in [1.807, 2.05) is 0 Å². The average molecular weight is 602 g/mol. The third-order valence-corrected chi connectivity index (χ3v) is 6.89. The van der Waals surface area contributed by atoms with Gasteiger partial charge in [0.1, 0.15) is 17.1 Å². The molecule has 15 nitrogen and oxygen atoms in total. The van der Waals surface area contributed by atoms with Crippen LogP contribution in [0, 0.1) is 10.8 Å². The zero-order chi connectivity index (χ0) is 32.1. The standard InChI is InChI=1S/C29H35N11O4/c1-38-14-18(12-21(38)27(42)34-8-6-24(30)31)36-26(41)16-4-5-20-17(10-16)11-23(40(20)3)29(44)37-19-13-22(39(2)15-19)28(43)35-9-7-25(32)33/h4-5,10-15H,6-9H2,1-3H3,(H3,30,31)(H3,32,33)(H,34,42)(H,35,43)(H,36,41)(H,37,44). The van der Waals surface area contributed by atoms with E-state index in [9.17, 15) is 19.2 Å². The molecule has 3 heterocycles. The van der Waals surface area contributed by atoms with Gasteiger partial charge in [-0.25, -0.2) is 0 Å². The molecule has 0 saturated carbocycles. The lowest BCUT2D eigenvalue weighted by Gasteiger charge is -2.05. The van der Waals surface area contributed by atoms with Crippen molar-refractivity contribution in [3.05, 3.63) is 71.4 Å². The number of hydrogen-bond acceptors (Lipinski definition) is 6. The predicted molar refractivity (Wildman–Crippen MR) is 167 cm³/mol. The van der Waals surface area contributed by atoms with Crippen molar-refractivity contribution in [3.8, 4) is 0 Å². The van der Waals surface area contributed by atoms with E-state index < -0.39 is 11.8 Å². The first-order chi connectivity index (χ1) is 20.8. The number of nitrogens with two attached hydrogens (primary N) is 2. The Morgan fingerprint density at radius 1 is 0.682 bits per heavy atom. The molecule has 4 aromatic rings. The van der Waals surface area contributed by atoms with Crippen LogP contribution in [0.4, 0.5) is 11.4 Å². The van der Waals surface area contributed by atoms with E-state index in [2.05, 4.69) is 21.3 Å². The molecule has 0 spiro atoms. The van der Waals surface area contributed by atoms with Gasteiger partial charge in [0.25, 0.3) is 23.6 Å². The van der Waals surface area contributed by atoms with Crippen molar-refractivity contribution in [1.29, 1.82) is 10.8 Å². The quantitative estimate of drug-likeness (QED) is 0.0884. The summed E-state index contributed by atoms with van der Waals surface area (Å²) in [6.07, 6.45) is 3.71. The molecule has 4 rings (SSSR count). The Labute approximate surface area is 252 Å². The Hall–Kier alpha value is -5.86. The number of fused-ring (bicyclic) bond motifs is 1. The van der Waals surface area contributed by atoms with Crippen molar-refractivity contribution < 1.29 is 19.2 Å². The summed E-state index contributed by atoms with van der Waals surface area (Å²) in [5, 5.41) is 26.2. The number of aromatic nitrogens is 3. The Kier molecular flexibility index (Phi) is 9.17. The fraction of sp³-hybridized carbons (Fsp3) is 0.241. The molecule has 4 amide bonds. The van der Waals surface area contributed by atoms with E-state index in [0.717, 1.165) is 5.52 Å². The van der Waals surface area contributed by atoms with Gasteiger partial charge in [-0.1, -0.05) is 0 Å². The first-order valence-corrected chi connectivity index (χ1v) is 13.6. The Morgan fingerprint density at radius 2 is 1.18 bits per heavy atom. The van der Waals surface area contributed by atoms with E-state index >= 15 is 0 Å². The number of amides is 4. The zero-order valence-electron chi connectivity index (χ0n) is 24.6. The van der Waals surface area contributed by atoms with Crippen molar-refractivity contribution in [2.45, 2.75) is 12.8 Å². The maximum atomic E-state index is 13.2. The van der Waals surface area contributed by atoms with Gasteiger partial charge in [-0.3, -0.25) is 30.0 Å². The smallest absolute Gasteiger partial charge is 0.272 e. The number of aryl methyl sites for hydroxylation is 3. The van der Waals surface area contributed by atoms with Gasteiger partial charge in [-0.05, 0) is 36.4 Å². The zero-order valence-corrected chi connectivity index (χ0v) is 24.6. The van der Waals surface area contributed by atoms with Crippen LogP contribution in [0.5, 0.6) is 0 Å². The summed E-state index contributed by atoms with van der Waals surface area (Å²) >= 11 is 0. The lowest BCUT2D eigenvalue weighted by molar-refractivity contribution is 0.0938. The first-order valence-electron chi connectivity index (χ1n) is 13.6. The minimum atomic E-state index is -0.401. The van der Waals surface area contributed by atoms with Crippen molar-refractivity contribution in [3.63, 3.8) is 0 Å². The molecule has 0 fully saturated rings. The maximum Gasteiger partial charge on any atom is 0.272 e. The van der Waals surface area contributed by atoms with Gasteiger partial charge >= 0.3 is 0 Å². The van der Waals surface area contributed by atoms with Crippen molar-refractivity contribution in [2.24, 2.45) is 32.6 Å². The molecule has 0 atom stereocenters. The molecule has 0 aliphatic rings. The molecule has 0 bridgehead atoms. The van der Waals surface area contributed by atoms with Crippen molar-refractivity contribution >= 4 is 57.6 Å². The van der Waals surface area contributed by atoms with Crippen molar-refractivity contribution in [1.82, 2.24) is 24.3 Å². The van der Waals surface area contributed by atoms with Crippen LogP contribution < -0.4 is 32.7 Å². The first kappa shape index (κ1) is 31.1. The molecule has 15 heteroatoms. The summed E-state index contributed by atoms with van der Waals surface area (Å²) in [7, 11) is 5.10. The second-order valence-electron chi connectivity index (χ2n) is 10.3. The monoisotopic (exact) mass is 601 g/mol. The molecule has 0 unspecified atom stereocenters. The summed E-state index contributed by atoms with van der Waals surface area (Å²) in [5.41, 5.74) is 13.6. The van der Waals surface area contributed by atoms with Crippen LogP contribution in [0.15, 0.2) is 48.8 Å². The highest BCUT2D eigenvalue weighted by Gasteiger charge is 2.19. The number of anilines is 2. The molecular formula is C29H35N11O4. The minimum absolute atomic E-state index is 0.0248. The molecule has 0 saturated heterocycles. The van der Waals surface area contributed by atoms with Gasteiger partial charge in [-0.2, -0.15) is 0 Å². The molecule has 230 valence electrons. The topological polar surface area (TPSA) is 231 Å². The number of hydrogen-bond donors (Lipinski definition) is 8. The molecular weight excluding hydrogens is 566 g/mol. The molecule has 0 aliphatic heterocycles. The molecule has 0 aliphatic carbocycles. The van der Waals surface area contributed by atoms with E-state index in [0.29, 0.717) is 39.4 Å². The van der Waals surface area contributed by atoms with Gasteiger partial charge < -0.3 is 46.4 Å². The highest BCUT2D eigenvalue weighted by atomic mass is 16.2. The van der Waals surface area contributed by atoms with Crippen molar-refractivity contribution in [2.75, 3.05) is 23.7 Å². The van der Waals surface area contributed by atoms with Crippen LogP contribution in [0.3, 0.4) is 0 Å². The summed E-state index contributed by atoms with van der Waals surface area (Å²) in [6, 6.07) is 9.83. The van der Waals surface area contributed by atoms with Gasteiger partial charge in [0.2, 0.25) is 0 Å². The van der Waals surface area contributed by atoms with E-state index in [4.69, 9.17) is 22.3 Å². The Morgan fingerprint density at radius 3 is 1.68 bits per heavy atom. The lowest BCUT2D eigenvalue weighted by atomic mass is 10.1. The largest absolute Gasteiger partial charge is 0.388 e. The highest BCUT2D eigenvalue weighted by Crippen LogP contribution is 2.23. The fourth-order valence-corrected chi connectivity index (χ4v) is 4.63.